The van der Waals surface area contributed by atoms with Crippen LogP contribution >= 0.6 is 0 Å². The second-order valence-corrected chi connectivity index (χ2v) is 7.05. The minimum Gasteiger partial charge on any atom is -0.321 e. The number of carbonyl (C=O) groups excluding carboxylic acids is 1. The molecule has 1 aromatic heterocycles. The van der Waals surface area contributed by atoms with Crippen molar-refractivity contribution in [2.45, 2.75) is 20.3 Å². The van der Waals surface area contributed by atoms with Crippen LogP contribution in [0.15, 0.2) is 64.6 Å². The molecule has 2 aromatic carbocycles. The maximum Gasteiger partial charge on any atom is 0.267 e. The Kier molecular flexibility index (Phi) is 6.62. The first-order valence-corrected chi connectivity index (χ1v) is 9.68. The number of allylic oxidation sites excluding steroid dienone is 2. The number of nitrogens with zero attached hydrogens (tertiary/aromatic N) is 1. The fourth-order valence-corrected chi connectivity index (χ4v) is 3.17. The van der Waals surface area contributed by atoms with E-state index in [2.05, 4.69) is 22.1 Å². The SMILES string of the molecule is CC(=N)/C(NC(=O)c1c(C#N)c(=O)[nH]c2ccccc12)=C(/C)C#CCc1ccc(F)cc1. The van der Waals surface area contributed by atoms with Crippen LogP contribution in [0.25, 0.3) is 10.9 Å². The highest BCUT2D eigenvalue weighted by Crippen LogP contribution is 2.18. The molecular weight excluding hydrogens is 407 g/mol. The summed E-state index contributed by atoms with van der Waals surface area (Å²) in [4.78, 5) is 28.0. The topological polar surface area (TPSA) is 110 Å². The van der Waals surface area contributed by atoms with Crippen LogP contribution in [0.1, 0.15) is 35.3 Å². The molecular formula is C25H19FN4O2. The van der Waals surface area contributed by atoms with E-state index in [4.69, 9.17) is 5.41 Å². The molecule has 0 aliphatic carbocycles. The van der Waals surface area contributed by atoms with Crippen LogP contribution in [0.2, 0.25) is 0 Å². The summed E-state index contributed by atoms with van der Waals surface area (Å²) in [5.41, 5.74) is 0.937. The van der Waals surface area contributed by atoms with Crippen molar-refractivity contribution in [3.63, 3.8) is 0 Å². The number of aromatic nitrogens is 1. The van der Waals surface area contributed by atoms with E-state index in [-0.39, 0.29) is 28.4 Å². The first-order chi connectivity index (χ1) is 15.3. The van der Waals surface area contributed by atoms with Gasteiger partial charge in [-0.3, -0.25) is 9.59 Å². The summed E-state index contributed by atoms with van der Waals surface area (Å²) in [6.07, 6.45) is 0.368. The van der Waals surface area contributed by atoms with E-state index in [1.807, 2.05) is 0 Å². The highest BCUT2D eigenvalue weighted by atomic mass is 19.1. The van der Waals surface area contributed by atoms with Crippen LogP contribution in [0, 0.1) is 34.4 Å². The number of halogens is 1. The molecule has 0 fully saturated rings. The largest absolute Gasteiger partial charge is 0.321 e. The predicted molar refractivity (Wildman–Crippen MR) is 121 cm³/mol. The highest BCUT2D eigenvalue weighted by molar-refractivity contribution is 6.11. The molecule has 0 bridgehead atoms. The fraction of sp³-hybridized carbons (Fsp3) is 0.120. The van der Waals surface area contributed by atoms with Gasteiger partial charge in [0.1, 0.15) is 17.4 Å². The zero-order valence-electron chi connectivity index (χ0n) is 17.5. The van der Waals surface area contributed by atoms with Gasteiger partial charge in [-0.2, -0.15) is 5.26 Å². The van der Waals surface area contributed by atoms with E-state index in [0.717, 1.165) is 5.56 Å². The second-order valence-electron chi connectivity index (χ2n) is 7.05. The van der Waals surface area contributed by atoms with Gasteiger partial charge in [-0.15, -0.1) is 0 Å². The zero-order valence-corrected chi connectivity index (χ0v) is 17.5. The fourth-order valence-electron chi connectivity index (χ4n) is 3.17. The number of fused-ring (bicyclic) bond motifs is 1. The Morgan fingerprint density at radius 3 is 2.50 bits per heavy atom. The third-order valence-corrected chi connectivity index (χ3v) is 4.73. The van der Waals surface area contributed by atoms with Gasteiger partial charge in [0.05, 0.1) is 17.0 Å². The highest BCUT2D eigenvalue weighted by Gasteiger charge is 2.21. The maximum atomic E-state index is 13.1. The van der Waals surface area contributed by atoms with Crippen LogP contribution in [0.5, 0.6) is 0 Å². The van der Waals surface area contributed by atoms with Crippen molar-refractivity contribution in [2.75, 3.05) is 0 Å². The van der Waals surface area contributed by atoms with E-state index in [0.29, 0.717) is 22.9 Å². The molecule has 0 spiro atoms. The molecule has 3 aromatic rings. The van der Waals surface area contributed by atoms with Gasteiger partial charge in [0.25, 0.3) is 11.5 Å². The van der Waals surface area contributed by atoms with Crippen LogP contribution in [-0.4, -0.2) is 16.6 Å². The lowest BCUT2D eigenvalue weighted by molar-refractivity contribution is 0.0968. The normalized spacial score (nSPS) is 11.1. The van der Waals surface area contributed by atoms with Crippen molar-refractivity contribution in [2.24, 2.45) is 0 Å². The minimum absolute atomic E-state index is 0.0577. The number of carbonyl (C=O) groups is 1. The predicted octanol–water partition coefficient (Wildman–Crippen LogP) is 3.83. The van der Waals surface area contributed by atoms with Crippen molar-refractivity contribution < 1.29 is 9.18 Å². The van der Waals surface area contributed by atoms with Crippen molar-refractivity contribution >= 4 is 22.5 Å². The lowest BCUT2D eigenvalue weighted by atomic mass is 10.0. The molecule has 0 radical (unpaired) electrons. The first-order valence-electron chi connectivity index (χ1n) is 9.68. The number of H-pyrrole nitrogens is 1. The Labute approximate surface area is 183 Å². The van der Waals surface area contributed by atoms with Crippen molar-refractivity contribution in [1.82, 2.24) is 10.3 Å². The second kappa shape index (κ2) is 9.55. The third-order valence-electron chi connectivity index (χ3n) is 4.73. The maximum absolute atomic E-state index is 13.1. The molecule has 1 heterocycles. The van der Waals surface area contributed by atoms with Gasteiger partial charge >= 0.3 is 0 Å². The number of hydrogen-bond donors (Lipinski definition) is 3. The van der Waals surface area contributed by atoms with E-state index in [1.165, 1.54) is 19.1 Å². The molecule has 3 N–H and O–H groups in total. The summed E-state index contributed by atoms with van der Waals surface area (Å²) in [5.74, 6) is 4.85. The number of rotatable bonds is 4. The summed E-state index contributed by atoms with van der Waals surface area (Å²) < 4.78 is 13.0. The molecule has 6 nitrogen and oxygen atoms in total. The Hall–Kier alpha value is -4.49. The van der Waals surface area contributed by atoms with Gasteiger partial charge in [-0.05, 0) is 37.6 Å². The molecule has 0 saturated carbocycles. The van der Waals surface area contributed by atoms with Gasteiger partial charge in [-0.25, -0.2) is 4.39 Å². The molecule has 0 atom stereocenters. The van der Waals surface area contributed by atoms with Crippen LogP contribution in [0.4, 0.5) is 4.39 Å². The zero-order chi connectivity index (χ0) is 23.3. The summed E-state index contributed by atoms with van der Waals surface area (Å²) >= 11 is 0. The standard InChI is InChI=1S/C25H19FN4O2/c1-15(6-5-7-17-10-12-18(26)13-11-17)23(16(2)28)30-25(32)22-19-8-3-4-9-21(19)29-24(31)20(22)14-27/h3-4,8-13,28H,7H2,1-2H3,(H,29,31)(H,30,32)/b23-15+,28-16?. The molecule has 0 unspecified atom stereocenters. The van der Waals surface area contributed by atoms with Crippen molar-refractivity contribution in [3.05, 3.63) is 92.7 Å². The Morgan fingerprint density at radius 1 is 1.16 bits per heavy atom. The third kappa shape index (κ3) is 4.80. The minimum atomic E-state index is -0.676. The average molecular weight is 426 g/mol. The van der Waals surface area contributed by atoms with Gasteiger partial charge in [0, 0.05) is 22.9 Å². The summed E-state index contributed by atoms with van der Waals surface area (Å²) in [5, 5.41) is 20.6. The molecule has 32 heavy (non-hydrogen) atoms. The average Bonchev–Trinajstić information content (AvgIpc) is 2.77. The van der Waals surface area contributed by atoms with E-state index in [1.54, 1.807) is 49.4 Å². The quantitative estimate of drug-likeness (QED) is 0.436. The smallest absolute Gasteiger partial charge is 0.267 e. The van der Waals surface area contributed by atoms with Crippen LogP contribution in [-0.2, 0) is 6.42 Å². The van der Waals surface area contributed by atoms with Crippen molar-refractivity contribution in [3.8, 4) is 17.9 Å². The molecule has 3 rings (SSSR count). The molecule has 158 valence electrons. The summed E-state index contributed by atoms with van der Waals surface area (Å²) in [7, 11) is 0. The number of nitrogens with one attached hydrogen (secondary N) is 3. The molecule has 0 saturated heterocycles. The monoisotopic (exact) mass is 426 g/mol. The van der Waals surface area contributed by atoms with E-state index < -0.39 is 11.5 Å². The lowest BCUT2D eigenvalue weighted by Gasteiger charge is -2.12. The number of benzene rings is 2. The Bertz CT molecular complexity index is 1410. The summed E-state index contributed by atoms with van der Waals surface area (Å²) in [6.45, 7) is 3.16. The number of para-hydroxylation sites is 1. The summed E-state index contributed by atoms with van der Waals surface area (Å²) in [6, 6.07) is 14.5. The number of pyridine rings is 1. The van der Waals surface area contributed by atoms with Crippen LogP contribution < -0.4 is 10.9 Å². The van der Waals surface area contributed by atoms with Crippen molar-refractivity contribution in [1.29, 1.82) is 10.7 Å². The first kappa shape index (κ1) is 22.2. The van der Waals surface area contributed by atoms with Crippen LogP contribution in [0.3, 0.4) is 0 Å². The molecule has 0 aliphatic rings. The molecule has 7 heteroatoms. The molecule has 1 amide bonds. The number of amides is 1. The van der Waals surface area contributed by atoms with Gasteiger partial charge in [0.2, 0.25) is 0 Å². The van der Waals surface area contributed by atoms with Gasteiger partial charge < -0.3 is 15.7 Å². The Morgan fingerprint density at radius 2 is 1.84 bits per heavy atom. The number of aromatic amines is 1. The van der Waals surface area contributed by atoms with Gasteiger partial charge in [0.15, 0.2) is 0 Å². The number of hydrogen-bond acceptors (Lipinski definition) is 4. The number of nitriles is 1. The van der Waals surface area contributed by atoms with Gasteiger partial charge in [-0.1, -0.05) is 42.2 Å². The lowest BCUT2D eigenvalue weighted by Crippen LogP contribution is -2.30. The van der Waals surface area contributed by atoms with E-state index >= 15 is 0 Å². The Balaban J connectivity index is 1.97. The molecule has 0 aliphatic heterocycles. The van der Waals surface area contributed by atoms with E-state index in [9.17, 15) is 19.2 Å².